The van der Waals surface area contributed by atoms with Crippen LogP contribution < -0.4 is 5.32 Å². The molecule has 1 nitrogen and oxygen atoms in total. The van der Waals surface area contributed by atoms with Gasteiger partial charge in [0.1, 0.15) is 5.82 Å². The largest absolute Gasteiger partial charge is 0.312 e. The molecule has 0 amide bonds. The standard InChI is InChI=1S/C18H22FN/c1-13-5-4-6-17(15(13)3)12-20-10-9-16-7-8-18(19)11-14(16)2/h4-8,11,20H,9-10,12H2,1-3H3. The molecule has 106 valence electrons. The monoisotopic (exact) mass is 271 g/mol. The number of rotatable bonds is 5. The van der Waals surface area contributed by atoms with E-state index in [0.29, 0.717) is 0 Å². The molecule has 0 unspecified atom stereocenters. The molecule has 0 aromatic heterocycles. The van der Waals surface area contributed by atoms with Crippen molar-refractivity contribution in [2.75, 3.05) is 6.54 Å². The van der Waals surface area contributed by atoms with Gasteiger partial charge in [-0.25, -0.2) is 4.39 Å². The quantitative estimate of drug-likeness (QED) is 0.808. The van der Waals surface area contributed by atoms with Gasteiger partial charge in [0.15, 0.2) is 0 Å². The summed E-state index contributed by atoms with van der Waals surface area (Å²) in [6.07, 6.45) is 0.928. The summed E-state index contributed by atoms with van der Waals surface area (Å²) >= 11 is 0. The molecule has 0 radical (unpaired) electrons. The Morgan fingerprint density at radius 3 is 2.50 bits per heavy atom. The lowest BCUT2D eigenvalue weighted by Crippen LogP contribution is -2.17. The molecule has 0 spiro atoms. The Morgan fingerprint density at radius 2 is 1.75 bits per heavy atom. The van der Waals surface area contributed by atoms with Crippen LogP contribution in [0.3, 0.4) is 0 Å². The molecule has 20 heavy (non-hydrogen) atoms. The second-order valence-electron chi connectivity index (χ2n) is 5.36. The zero-order chi connectivity index (χ0) is 14.5. The zero-order valence-corrected chi connectivity index (χ0v) is 12.5. The van der Waals surface area contributed by atoms with E-state index >= 15 is 0 Å². The summed E-state index contributed by atoms with van der Waals surface area (Å²) in [6, 6.07) is 11.4. The molecule has 1 N–H and O–H groups in total. The van der Waals surface area contributed by atoms with Gasteiger partial charge in [-0.05, 0) is 73.7 Å². The number of benzene rings is 2. The van der Waals surface area contributed by atoms with Crippen LogP contribution in [0.25, 0.3) is 0 Å². The van der Waals surface area contributed by atoms with E-state index < -0.39 is 0 Å². The first-order chi connectivity index (χ1) is 9.58. The fraction of sp³-hybridized carbons (Fsp3) is 0.333. The first-order valence-electron chi connectivity index (χ1n) is 7.09. The van der Waals surface area contributed by atoms with Crippen LogP contribution in [0.15, 0.2) is 36.4 Å². The Bertz CT molecular complexity index is 590. The first-order valence-corrected chi connectivity index (χ1v) is 7.09. The van der Waals surface area contributed by atoms with Crippen molar-refractivity contribution in [3.05, 3.63) is 70.0 Å². The third kappa shape index (κ3) is 3.67. The highest BCUT2D eigenvalue weighted by molar-refractivity contribution is 5.33. The minimum atomic E-state index is -0.158. The van der Waals surface area contributed by atoms with Crippen LogP contribution in [-0.4, -0.2) is 6.54 Å². The lowest BCUT2D eigenvalue weighted by Gasteiger charge is -2.11. The summed E-state index contributed by atoms with van der Waals surface area (Å²) in [5, 5.41) is 3.47. The number of aryl methyl sites for hydroxylation is 2. The number of hydrogen-bond acceptors (Lipinski definition) is 1. The van der Waals surface area contributed by atoms with Gasteiger partial charge in [-0.3, -0.25) is 0 Å². The fourth-order valence-electron chi connectivity index (χ4n) is 2.39. The topological polar surface area (TPSA) is 12.0 Å². The molecule has 0 aliphatic heterocycles. The highest BCUT2D eigenvalue weighted by Crippen LogP contribution is 2.13. The van der Waals surface area contributed by atoms with Crippen LogP contribution >= 0.6 is 0 Å². The lowest BCUT2D eigenvalue weighted by molar-refractivity contribution is 0.624. The van der Waals surface area contributed by atoms with Crippen molar-refractivity contribution in [2.24, 2.45) is 0 Å². The maximum absolute atomic E-state index is 13.0. The molecular formula is C18H22FN. The van der Waals surface area contributed by atoms with Crippen LogP contribution in [0.2, 0.25) is 0 Å². The van der Waals surface area contributed by atoms with E-state index in [4.69, 9.17) is 0 Å². The predicted molar refractivity (Wildman–Crippen MR) is 82.5 cm³/mol. The van der Waals surface area contributed by atoms with E-state index in [0.717, 1.165) is 25.1 Å². The van der Waals surface area contributed by atoms with E-state index in [1.165, 1.54) is 28.3 Å². The van der Waals surface area contributed by atoms with Crippen molar-refractivity contribution in [1.82, 2.24) is 5.32 Å². The van der Waals surface area contributed by atoms with Crippen molar-refractivity contribution in [3.63, 3.8) is 0 Å². The molecule has 0 heterocycles. The maximum Gasteiger partial charge on any atom is 0.123 e. The minimum absolute atomic E-state index is 0.158. The molecular weight excluding hydrogens is 249 g/mol. The van der Waals surface area contributed by atoms with Crippen molar-refractivity contribution < 1.29 is 4.39 Å². The highest BCUT2D eigenvalue weighted by Gasteiger charge is 2.02. The molecule has 0 aliphatic rings. The third-order valence-electron chi connectivity index (χ3n) is 3.91. The van der Waals surface area contributed by atoms with Crippen LogP contribution in [0.1, 0.15) is 27.8 Å². The molecule has 2 aromatic carbocycles. The SMILES string of the molecule is Cc1cc(F)ccc1CCNCc1cccc(C)c1C. The normalized spacial score (nSPS) is 10.8. The summed E-state index contributed by atoms with van der Waals surface area (Å²) in [7, 11) is 0. The molecule has 0 aliphatic carbocycles. The van der Waals surface area contributed by atoms with E-state index in [1.807, 2.05) is 13.0 Å². The van der Waals surface area contributed by atoms with Gasteiger partial charge in [-0.15, -0.1) is 0 Å². The molecule has 0 saturated heterocycles. The van der Waals surface area contributed by atoms with Gasteiger partial charge in [-0.2, -0.15) is 0 Å². The molecule has 2 heteroatoms. The average molecular weight is 271 g/mol. The summed E-state index contributed by atoms with van der Waals surface area (Å²) in [5.74, 6) is -0.158. The van der Waals surface area contributed by atoms with E-state index in [2.05, 4.69) is 37.4 Å². The zero-order valence-electron chi connectivity index (χ0n) is 12.5. The summed E-state index contributed by atoms with van der Waals surface area (Å²) in [6.45, 7) is 8.05. The number of halogens is 1. The van der Waals surface area contributed by atoms with E-state index in [-0.39, 0.29) is 5.82 Å². The average Bonchev–Trinajstić information content (AvgIpc) is 2.41. The Hall–Kier alpha value is -1.67. The molecule has 0 fully saturated rings. The maximum atomic E-state index is 13.0. The van der Waals surface area contributed by atoms with Crippen molar-refractivity contribution in [2.45, 2.75) is 33.7 Å². The Labute approximate surface area is 120 Å². The number of hydrogen-bond donors (Lipinski definition) is 1. The van der Waals surface area contributed by atoms with Gasteiger partial charge in [0.25, 0.3) is 0 Å². The van der Waals surface area contributed by atoms with Crippen molar-refractivity contribution in [3.8, 4) is 0 Å². The molecule has 0 saturated carbocycles. The van der Waals surface area contributed by atoms with Gasteiger partial charge in [0.05, 0.1) is 0 Å². The third-order valence-corrected chi connectivity index (χ3v) is 3.91. The van der Waals surface area contributed by atoms with Crippen molar-refractivity contribution >= 4 is 0 Å². The fourth-order valence-corrected chi connectivity index (χ4v) is 2.39. The summed E-state index contributed by atoms with van der Waals surface area (Å²) in [5.41, 5.74) is 6.27. The highest BCUT2D eigenvalue weighted by atomic mass is 19.1. The van der Waals surface area contributed by atoms with Crippen molar-refractivity contribution in [1.29, 1.82) is 0 Å². The van der Waals surface area contributed by atoms with E-state index in [1.54, 1.807) is 6.07 Å². The Morgan fingerprint density at radius 1 is 0.950 bits per heavy atom. The summed E-state index contributed by atoms with van der Waals surface area (Å²) < 4.78 is 13.0. The number of nitrogens with one attached hydrogen (secondary N) is 1. The Balaban J connectivity index is 1.86. The lowest BCUT2D eigenvalue weighted by atomic mass is 10.0. The minimum Gasteiger partial charge on any atom is -0.312 e. The van der Waals surface area contributed by atoms with Gasteiger partial charge in [0.2, 0.25) is 0 Å². The molecule has 0 bridgehead atoms. The smallest absolute Gasteiger partial charge is 0.123 e. The van der Waals surface area contributed by atoms with Crippen LogP contribution in [-0.2, 0) is 13.0 Å². The van der Waals surface area contributed by atoms with Crippen LogP contribution in [0, 0.1) is 26.6 Å². The predicted octanol–water partition coefficient (Wildman–Crippen LogP) is 4.08. The Kier molecular flexibility index (Phi) is 4.91. The van der Waals surface area contributed by atoms with Gasteiger partial charge in [0, 0.05) is 6.54 Å². The first kappa shape index (κ1) is 14.7. The van der Waals surface area contributed by atoms with Gasteiger partial charge < -0.3 is 5.32 Å². The molecule has 2 aromatic rings. The second-order valence-corrected chi connectivity index (χ2v) is 5.36. The molecule has 2 rings (SSSR count). The molecule has 0 atom stereocenters. The second kappa shape index (κ2) is 6.67. The van der Waals surface area contributed by atoms with Gasteiger partial charge in [-0.1, -0.05) is 24.3 Å². The van der Waals surface area contributed by atoms with E-state index in [9.17, 15) is 4.39 Å². The summed E-state index contributed by atoms with van der Waals surface area (Å²) in [4.78, 5) is 0. The van der Waals surface area contributed by atoms with Crippen LogP contribution in [0.4, 0.5) is 4.39 Å². The van der Waals surface area contributed by atoms with Crippen LogP contribution in [0.5, 0.6) is 0 Å². The van der Waals surface area contributed by atoms with Gasteiger partial charge >= 0.3 is 0 Å².